The molecule has 29 heavy (non-hydrogen) atoms. The van der Waals surface area contributed by atoms with Crippen LogP contribution in [0.5, 0.6) is 5.75 Å². The van der Waals surface area contributed by atoms with Crippen molar-refractivity contribution in [2.75, 3.05) is 19.8 Å². The molecule has 1 amide bonds. The number of alkyl carbamates (subject to hydrolysis) is 1. The van der Waals surface area contributed by atoms with Gasteiger partial charge in [-0.3, -0.25) is 4.79 Å². The first-order valence-electron chi connectivity index (χ1n) is 9.53. The molecule has 0 bridgehead atoms. The van der Waals surface area contributed by atoms with Crippen molar-refractivity contribution in [3.8, 4) is 16.9 Å². The molecule has 5 nitrogen and oxygen atoms in total. The van der Waals surface area contributed by atoms with Gasteiger partial charge in [-0.1, -0.05) is 48.5 Å². The molecule has 4 rings (SSSR count). The summed E-state index contributed by atoms with van der Waals surface area (Å²) in [6, 6.07) is 23.3. The van der Waals surface area contributed by atoms with Gasteiger partial charge in [0.25, 0.3) is 0 Å². The Hall–Kier alpha value is -3.60. The highest BCUT2D eigenvalue weighted by Gasteiger charge is 2.28. The number of ether oxygens (including phenoxy) is 2. The SMILES string of the molecule is O=Cc1ccc(OCCNC(=O)OCC2c3ccccc3-c3ccccc32)cc1. The van der Waals surface area contributed by atoms with Crippen molar-refractivity contribution in [2.45, 2.75) is 5.92 Å². The van der Waals surface area contributed by atoms with Gasteiger partial charge < -0.3 is 14.8 Å². The van der Waals surface area contributed by atoms with Crippen LogP contribution in [0.2, 0.25) is 0 Å². The van der Waals surface area contributed by atoms with Crippen molar-refractivity contribution in [3.63, 3.8) is 0 Å². The number of rotatable bonds is 7. The second-order valence-corrected chi connectivity index (χ2v) is 6.79. The lowest BCUT2D eigenvalue weighted by molar-refractivity contribution is 0.112. The first-order valence-corrected chi connectivity index (χ1v) is 9.53. The molecule has 0 saturated heterocycles. The van der Waals surface area contributed by atoms with Crippen molar-refractivity contribution in [1.82, 2.24) is 5.32 Å². The zero-order valence-electron chi connectivity index (χ0n) is 15.8. The Bertz CT molecular complexity index is 968. The highest BCUT2D eigenvalue weighted by Crippen LogP contribution is 2.44. The molecular formula is C24H21NO4. The lowest BCUT2D eigenvalue weighted by atomic mass is 9.98. The number of carbonyl (C=O) groups is 2. The minimum Gasteiger partial charge on any atom is -0.492 e. The Morgan fingerprint density at radius 3 is 2.14 bits per heavy atom. The maximum absolute atomic E-state index is 12.1. The average Bonchev–Trinajstić information content (AvgIpc) is 3.09. The topological polar surface area (TPSA) is 64.6 Å². The minimum absolute atomic E-state index is 0.0423. The number of hydrogen-bond acceptors (Lipinski definition) is 4. The van der Waals surface area contributed by atoms with Crippen LogP contribution in [0.1, 0.15) is 27.4 Å². The second kappa shape index (κ2) is 8.61. The summed E-state index contributed by atoms with van der Waals surface area (Å²) < 4.78 is 11.0. The van der Waals surface area contributed by atoms with Crippen LogP contribution in [0.3, 0.4) is 0 Å². The maximum atomic E-state index is 12.1. The van der Waals surface area contributed by atoms with Crippen molar-refractivity contribution >= 4 is 12.4 Å². The van der Waals surface area contributed by atoms with E-state index in [1.807, 2.05) is 24.3 Å². The normalized spacial score (nSPS) is 12.0. The van der Waals surface area contributed by atoms with Crippen molar-refractivity contribution in [3.05, 3.63) is 89.5 Å². The van der Waals surface area contributed by atoms with Crippen LogP contribution in [-0.2, 0) is 4.74 Å². The van der Waals surface area contributed by atoms with Gasteiger partial charge in [0, 0.05) is 11.5 Å². The standard InChI is InChI=1S/C24H21NO4/c26-15-17-9-11-18(12-10-17)28-14-13-25-24(27)29-16-23-21-7-3-1-5-19(21)20-6-2-4-8-22(20)23/h1-12,15,23H,13-14,16H2,(H,25,27). The van der Waals surface area contributed by atoms with Gasteiger partial charge in [0.2, 0.25) is 0 Å². The van der Waals surface area contributed by atoms with Crippen LogP contribution in [0.4, 0.5) is 4.79 Å². The van der Waals surface area contributed by atoms with Gasteiger partial charge in [0.15, 0.2) is 0 Å². The van der Waals surface area contributed by atoms with E-state index in [1.165, 1.54) is 22.3 Å². The number of carbonyl (C=O) groups excluding carboxylic acids is 2. The van der Waals surface area contributed by atoms with E-state index < -0.39 is 6.09 Å². The average molecular weight is 387 g/mol. The van der Waals surface area contributed by atoms with E-state index in [4.69, 9.17) is 9.47 Å². The molecule has 146 valence electrons. The summed E-state index contributed by atoms with van der Waals surface area (Å²) in [6.45, 7) is 0.921. The third kappa shape index (κ3) is 4.14. The molecule has 5 heteroatoms. The Labute approximate surface area is 169 Å². The third-order valence-corrected chi connectivity index (χ3v) is 5.00. The van der Waals surface area contributed by atoms with Crippen LogP contribution in [0.25, 0.3) is 11.1 Å². The first kappa shape index (κ1) is 18.7. The fourth-order valence-electron chi connectivity index (χ4n) is 3.61. The first-order chi connectivity index (χ1) is 14.3. The third-order valence-electron chi connectivity index (χ3n) is 5.00. The summed E-state index contributed by atoms with van der Waals surface area (Å²) in [6.07, 6.45) is 0.314. The second-order valence-electron chi connectivity index (χ2n) is 6.79. The van der Waals surface area contributed by atoms with Gasteiger partial charge >= 0.3 is 6.09 Å². The molecule has 0 unspecified atom stereocenters. The molecule has 1 aliphatic carbocycles. The Balaban J connectivity index is 1.27. The monoisotopic (exact) mass is 387 g/mol. The van der Waals surface area contributed by atoms with Crippen LogP contribution in [0, 0.1) is 0 Å². The van der Waals surface area contributed by atoms with Crippen LogP contribution in [-0.4, -0.2) is 32.1 Å². The lowest BCUT2D eigenvalue weighted by Crippen LogP contribution is -2.29. The molecule has 0 saturated carbocycles. The number of benzene rings is 3. The van der Waals surface area contributed by atoms with Crippen molar-refractivity contribution in [1.29, 1.82) is 0 Å². The fraction of sp³-hybridized carbons (Fsp3) is 0.167. The molecule has 0 aliphatic heterocycles. The summed E-state index contributed by atoms with van der Waals surface area (Å²) in [5, 5.41) is 2.71. The number of aldehydes is 1. The number of hydrogen-bond donors (Lipinski definition) is 1. The van der Waals surface area contributed by atoms with E-state index in [0.717, 1.165) is 6.29 Å². The predicted molar refractivity (Wildman–Crippen MR) is 110 cm³/mol. The van der Waals surface area contributed by atoms with E-state index in [1.54, 1.807) is 24.3 Å². The van der Waals surface area contributed by atoms with Crippen molar-refractivity contribution < 1.29 is 19.1 Å². The van der Waals surface area contributed by atoms with E-state index >= 15 is 0 Å². The lowest BCUT2D eigenvalue weighted by Gasteiger charge is -2.14. The highest BCUT2D eigenvalue weighted by atomic mass is 16.5. The van der Waals surface area contributed by atoms with E-state index in [-0.39, 0.29) is 12.5 Å². The number of fused-ring (bicyclic) bond motifs is 3. The zero-order chi connectivity index (χ0) is 20.1. The summed E-state index contributed by atoms with van der Waals surface area (Å²) in [7, 11) is 0. The molecule has 1 N–H and O–H groups in total. The van der Waals surface area contributed by atoms with Gasteiger partial charge in [-0.15, -0.1) is 0 Å². The van der Waals surface area contributed by atoms with Gasteiger partial charge in [-0.05, 0) is 46.5 Å². The molecule has 0 radical (unpaired) electrons. The van der Waals surface area contributed by atoms with Crippen LogP contribution >= 0.6 is 0 Å². The molecule has 1 aliphatic rings. The van der Waals surface area contributed by atoms with Gasteiger partial charge in [-0.2, -0.15) is 0 Å². The maximum Gasteiger partial charge on any atom is 0.407 e. The summed E-state index contributed by atoms with van der Waals surface area (Å²) in [5.41, 5.74) is 5.36. The van der Waals surface area contributed by atoms with Gasteiger partial charge in [0.1, 0.15) is 25.2 Å². The number of nitrogens with one attached hydrogen (secondary N) is 1. The van der Waals surface area contributed by atoms with Gasteiger partial charge in [0.05, 0.1) is 6.54 Å². The summed E-state index contributed by atoms with van der Waals surface area (Å²) >= 11 is 0. The Morgan fingerprint density at radius 2 is 1.52 bits per heavy atom. The highest BCUT2D eigenvalue weighted by molar-refractivity contribution is 5.79. The Morgan fingerprint density at radius 1 is 0.897 bits per heavy atom. The van der Waals surface area contributed by atoms with Gasteiger partial charge in [-0.25, -0.2) is 4.79 Å². The molecule has 3 aromatic carbocycles. The molecule has 0 heterocycles. The van der Waals surface area contributed by atoms with Crippen LogP contribution in [0.15, 0.2) is 72.8 Å². The largest absolute Gasteiger partial charge is 0.492 e. The quantitative estimate of drug-likeness (QED) is 0.482. The molecule has 0 aromatic heterocycles. The number of amides is 1. The molecule has 0 spiro atoms. The predicted octanol–water partition coefficient (Wildman–Crippen LogP) is 4.42. The molecular weight excluding hydrogens is 366 g/mol. The van der Waals surface area contributed by atoms with E-state index in [2.05, 4.69) is 29.6 Å². The van der Waals surface area contributed by atoms with Crippen molar-refractivity contribution in [2.24, 2.45) is 0 Å². The zero-order valence-corrected chi connectivity index (χ0v) is 15.8. The fourth-order valence-corrected chi connectivity index (χ4v) is 3.61. The van der Waals surface area contributed by atoms with E-state index in [0.29, 0.717) is 24.5 Å². The molecule has 0 fully saturated rings. The molecule has 0 atom stereocenters. The van der Waals surface area contributed by atoms with E-state index in [9.17, 15) is 9.59 Å². The summed E-state index contributed by atoms with van der Waals surface area (Å²) in [4.78, 5) is 22.7. The van der Waals surface area contributed by atoms with Crippen LogP contribution < -0.4 is 10.1 Å². The smallest absolute Gasteiger partial charge is 0.407 e. The Kier molecular flexibility index (Phi) is 5.56. The summed E-state index contributed by atoms with van der Waals surface area (Å²) in [5.74, 6) is 0.686. The molecule has 3 aromatic rings. The minimum atomic E-state index is -0.466.